The molecule has 1 aromatic heterocycles. The second-order valence-electron chi connectivity index (χ2n) is 4.78. The summed E-state index contributed by atoms with van der Waals surface area (Å²) in [5.74, 6) is -0.0789. The Morgan fingerprint density at radius 2 is 2.10 bits per heavy atom. The van der Waals surface area contributed by atoms with Gasteiger partial charge in [-0.3, -0.25) is 9.89 Å². The lowest BCUT2D eigenvalue weighted by Gasteiger charge is -2.08. The van der Waals surface area contributed by atoms with E-state index in [1.807, 2.05) is 49.4 Å². The van der Waals surface area contributed by atoms with Crippen molar-refractivity contribution in [3.63, 3.8) is 0 Å². The summed E-state index contributed by atoms with van der Waals surface area (Å²) in [5.41, 5.74) is 3.81. The quantitative estimate of drug-likeness (QED) is 0.765. The van der Waals surface area contributed by atoms with Gasteiger partial charge in [-0.05, 0) is 30.2 Å². The second-order valence-corrected chi connectivity index (χ2v) is 4.78. The van der Waals surface area contributed by atoms with E-state index in [2.05, 4.69) is 15.5 Å². The van der Waals surface area contributed by atoms with Crippen LogP contribution in [0.2, 0.25) is 0 Å². The van der Waals surface area contributed by atoms with Crippen molar-refractivity contribution in [2.24, 2.45) is 0 Å². The maximum atomic E-state index is 12.1. The average Bonchev–Trinajstić information content (AvgIpc) is 2.93. The van der Waals surface area contributed by atoms with Gasteiger partial charge in [0.1, 0.15) is 0 Å². The lowest BCUT2D eigenvalue weighted by atomic mass is 10.1. The zero-order valence-electron chi connectivity index (χ0n) is 11.2. The molecule has 4 nitrogen and oxygen atoms in total. The molecule has 1 heterocycles. The number of aromatic nitrogens is 2. The number of carbonyl (C=O) groups excluding carboxylic acids is 1. The summed E-state index contributed by atoms with van der Waals surface area (Å²) in [5, 5.41) is 10.8. The smallest absolute Gasteiger partial charge is 0.251 e. The van der Waals surface area contributed by atoms with E-state index < -0.39 is 0 Å². The summed E-state index contributed by atoms with van der Waals surface area (Å²) in [6, 6.07) is 13.5. The normalized spacial score (nSPS) is 10.7. The fourth-order valence-electron chi connectivity index (χ4n) is 2.16. The number of hydrogen-bond donors (Lipinski definition) is 2. The topological polar surface area (TPSA) is 57.8 Å². The SMILES string of the molecule is Cc1ccccc1CNC(=O)c1ccc2cn[nH]c2c1. The zero-order chi connectivity index (χ0) is 13.9. The Labute approximate surface area is 116 Å². The zero-order valence-corrected chi connectivity index (χ0v) is 11.2. The lowest BCUT2D eigenvalue weighted by molar-refractivity contribution is 0.0951. The Morgan fingerprint density at radius 1 is 1.25 bits per heavy atom. The molecule has 3 aromatic rings. The highest BCUT2D eigenvalue weighted by atomic mass is 16.1. The van der Waals surface area contributed by atoms with Crippen LogP contribution in [0.3, 0.4) is 0 Å². The highest BCUT2D eigenvalue weighted by Crippen LogP contribution is 2.13. The third kappa shape index (κ3) is 2.40. The van der Waals surface area contributed by atoms with Crippen molar-refractivity contribution >= 4 is 16.8 Å². The average molecular weight is 265 g/mol. The number of aromatic amines is 1. The van der Waals surface area contributed by atoms with E-state index in [-0.39, 0.29) is 5.91 Å². The van der Waals surface area contributed by atoms with Gasteiger partial charge in [-0.1, -0.05) is 30.3 Å². The van der Waals surface area contributed by atoms with Crippen molar-refractivity contribution in [2.75, 3.05) is 0 Å². The summed E-state index contributed by atoms with van der Waals surface area (Å²) in [6.07, 6.45) is 1.74. The first-order valence-corrected chi connectivity index (χ1v) is 6.50. The van der Waals surface area contributed by atoms with Crippen LogP contribution in [0.1, 0.15) is 21.5 Å². The van der Waals surface area contributed by atoms with Crippen LogP contribution in [0.15, 0.2) is 48.7 Å². The molecule has 20 heavy (non-hydrogen) atoms. The first-order chi connectivity index (χ1) is 9.74. The van der Waals surface area contributed by atoms with Crippen molar-refractivity contribution < 1.29 is 4.79 Å². The van der Waals surface area contributed by atoms with Crippen LogP contribution in [-0.2, 0) is 6.54 Å². The largest absolute Gasteiger partial charge is 0.348 e. The molecule has 0 fully saturated rings. The molecule has 0 saturated heterocycles. The van der Waals surface area contributed by atoms with Crippen molar-refractivity contribution in [1.29, 1.82) is 0 Å². The predicted octanol–water partition coefficient (Wildman–Crippen LogP) is 2.80. The highest BCUT2D eigenvalue weighted by Gasteiger charge is 2.07. The molecule has 0 saturated carbocycles. The molecule has 0 unspecified atom stereocenters. The molecule has 2 aromatic carbocycles. The molecule has 2 N–H and O–H groups in total. The van der Waals surface area contributed by atoms with Gasteiger partial charge in [-0.15, -0.1) is 0 Å². The number of benzene rings is 2. The number of nitrogens with zero attached hydrogens (tertiary/aromatic N) is 1. The van der Waals surface area contributed by atoms with Crippen molar-refractivity contribution in [3.05, 3.63) is 65.4 Å². The van der Waals surface area contributed by atoms with Crippen LogP contribution in [-0.4, -0.2) is 16.1 Å². The monoisotopic (exact) mass is 265 g/mol. The number of fused-ring (bicyclic) bond motifs is 1. The molecule has 0 aliphatic heterocycles. The van der Waals surface area contributed by atoms with E-state index in [1.165, 1.54) is 5.56 Å². The van der Waals surface area contributed by atoms with Crippen LogP contribution >= 0.6 is 0 Å². The van der Waals surface area contributed by atoms with Gasteiger partial charge in [0.15, 0.2) is 0 Å². The summed E-state index contributed by atoms with van der Waals surface area (Å²) in [6.45, 7) is 2.57. The molecule has 0 aliphatic rings. The molecule has 0 aliphatic carbocycles. The van der Waals surface area contributed by atoms with Crippen LogP contribution in [0.5, 0.6) is 0 Å². The van der Waals surface area contributed by atoms with Gasteiger partial charge in [0.05, 0.1) is 11.7 Å². The third-order valence-corrected chi connectivity index (χ3v) is 3.40. The molecule has 0 bridgehead atoms. The lowest BCUT2D eigenvalue weighted by Crippen LogP contribution is -2.23. The number of rotatable bonds is 3. The van der Waals surface area contributed by atoms with Crippen LogP contribution in [0.4, 0.5) is 0 Å². The molecular weight excluding hydrogens is 250 g/mol. The fourth-order valence-corrected chi connectivity index (χ4v) is 2.16. The van der Waals surface area contributed by atoms with E-state index in [0.717, 1.165) is 16.5 Å². The highest BCUT2D eigenvalue weighted by molar-refractivity contribution is 5.97. The molecule has 0 spiro atoms. The Bertz CT molecular complexity index is 761. The van der Waals surface area contributed by atoms with E-state index in [4.69, 9.17) is 0 Å². The van der Waals surface area contributed by atoms with Crippen molar-refractivity contribution in [3.8, 4) is 0 Å². The number of nitrogens with one attached hydrogen (secondary N) is 2. The minimum Gasteiger partial charge on any atom is -0.348 e. The molecule has 0 atom stereocenters. The Kier molecular flexibility index (Phi) is 3.21. The minimum absolute atomic E-state index is 0.0789. The molecule has 0 radical (unpaired) electrons. The minimum atomic E-state index is -0.0789. The summed E-state index contributed by atoms with van der Waals surface area (Å²) >= 11 is 0. The maximum absolute atomic E-state index is 12.1. The van der Waals surface area contributed by atoms with Gasteiger partial charge in [-0.2, -0.15) is 5.10 Å². The molecule has 4 heteroatoms. The summed E-state index contributed by atoms with van der Waals surface area (Å²) in [7, 11) is 0. The molecule has 100 valence electrons. The Hall–Kier alpha value is -2.62. The first-order valence-electron chi connectivity index (χ1n) is 6.50. The fraction of sp³-hybridized carbons (Fsp3) is 0.125. The number of H-pyrrole nitrogens is 1. The second kappa shape index (κ2) is 5.17. The summed E-state index contributed by atoms with van der Waals surface area (Å²) in [4.78, 5) is 12.1. The van der Waals surface area contributed by atoms with Crippen LogP contribution in [0, 0.1) is 6.92 Å². The van der Waals surface area contributed by atoms with Gasteiger partial charge in [0.25, 0.3) is 5.91 Å². The van der Waals surface area contributed by atoms with E-state index in [1.54, 1.807) is 6.20 Å². The number of amides is 1. The standard InChI is InChI=1S/C16H15N3O/c1-11-4-2-3-5-13(11)9-17-16(20)12-6-7-14-10-18-19-15(14)8-12/h2-8,10H,9H2,1H3,(H,17,20)(H,18,19). The first kappa shape index (κ1) is 12.4. The van der Waals surface area contributed by atoms with Gasteiger partial charge in [0.2, 0.25) is 0 Å². The van der Waals surface area contributed by atoms with Gasteiger partial charge in [0, 0.05) is 17.5 Å². The molecular formula is C16H15N3O. The number of carbonyl (C=O) groups is 1. The third-order valence-electron chi connectivity index (χ3n) is 3.40. The van der Waals surface area contributed by atoms with E-state index in [9.17, 15) is 4.79 Å². The van der Waals surface area contributed by atoms with Crippen LogP contribution in [0.25, 0.3) is 10.9 Å². The van der Waals surface area contributed by atoms with Crippen molar-refractivity contribution in [2.45, 2.75) is 13.5 Å². The number of hydrogen-bond acceptors (Lipinski definition) is 2. The van der Waals surface area contributed by atoms with Crippen molar-refractivity contribution in [1.82, 2.24) is 15.5 Å². The summed E-state index contributed by atoms with van der Waals surface area (Å²) < 4.78 is 0. The van der Waals surface area contributed by atoms with Gasteiger partial charge < -0.3 is 5.32 Å². The van der Waals surface area contributed by atoms with E-state index >= 15 is 0 Å². The Morgan fingerprint density at radius 3 is 2.95 bits per heavy atom. The van der Waals surface area contributed by atoms with Gasteiger partial charge in [-0.25, -0.2) is 0 Å². The maximum Gasteiger partial charge on any atom is 0.251 e. The van der Waals surface area contributed by atoms with Gasteiger partial charge >= 0.3 is 0 Å². The molecule has 1 amide bonds. The number of aryl methyl sites for hydroxylation is 1. The Balaban J connectivity index is 1.74. The van der Waals surface area contributed by atoms with E-state index in [0.29, 0.717) is 12.1 Å². The predicted molar refractivity (Wildman–Crippen MR) is 78.4 cm³/mol. The van der Waals surface area contributed by atoms with Crippen LogP contribution < -0.4 is 5.32 Å². The molecule has 3 rings (SSSR count).